The first-order valence-corrected chi connectivity index (χ1v) is 7.32. The standard InChI is InChI=1S/C12H19NO5S/c1-4-9(8-14)13-19(15,16)12-6-5-10(17-2)7-11(12)18-3/h5-7,9,13-14H,4,8H2,1-3H3/t9-/m1/s1. The molecule has 19 heavy (non-hydrogen) atoms. The van der Waals surface area contributed by atoms with Crippen LogP contribution in [0.25, 0.3) is 0 Å². The van der Waals surface area contributed by atoms with E-state index in [1.807, 2.05) is 0 Å². The third-order valence-electron chi connectivity index (χ3n) is 2.70. The Labute approximate surface area is 113 Å². The quantitative estimate of drug-likeness (QED) is 0.774. The van der Waals surface area contributed by atoms with Crippen molar-refractivity contribution in [1.82, 2.24) is 4.72 Å². The lowest BCUT2D eigenvalue weighted by atomic mass is 10.3. The first-order valence-electron chi connectivity index (χ1n) is 5.83. The Balaban J connectivity index is 3.13. The maximum Gasteiger partial charge on any atom is 0.244 e. The molecule has 7 heteroatoms. The molecular formula is C12H19NO5S. The van der Waals surface area contributed by atoms with Crippen molar-refractivity contribution >= 4 is 10.0 Å². The normalized spacial score (nSPS) is 13.1. The van der Waals surface area contributed by atoms with E-state index in [4.69, 9.17) is 14.6 Å². The van der Waals surface area contributed by atoms with Gasteiger partial charge in [-0.1, -0.05) is 6.92 Å². The minimum absolute atomic E-state index is 0.0164. The van der Waals surface area contributed by atoms with E-state index in [2.05, 4.69) is 4.72 Å². The van der Waals surface area contributed by atoms with E-state index in [9.17, 15) is 8.42 Å². The number of benzene rings is 1. The molecule has 1 aromatic carbocycles. The van der Waals surface area contributed by atoms with Crippen LogP contribution in [-0.4, -0.2) is 40.4 Å². The third kappa shape index (κ3) is 3.82. The molecule has 1 aromatic rings. The van der Waals surface area contributed by atoms with Gasteiger partial charge >= 0.3 is 0 Å². The topological polar surface area (TPSA) is 84.9 Å². The second-order valence-corrected chi connectivity index (χ2v) is 5.61. The molecular weight excluding hydrogens is 270 g/mol. The van der Waals surface area contributed by atoms with Crippen LogP contribution in [0.1, 0.15) is 13.3 Å². The Morgan fingerprint density at radius 1 is 1.32 bits per heavy atom. The number of sulfonamides is 1. The Bertz CT molecular complexity index is 511. The van der Waals surface area contributed by atoms with Crippen LogP contribution in [0, 0.1) is 0 Å². The number of nitrogens with one attached hydrogen (secondary N) is 1. The van der Waals surface area contributed by atoms with Crippen LogP contribution in [-0.2, 0) is 10.0 Å². The van der Waals surface area contributed by atoms with Crippen LogP contribution in [0.5, 0.6) is 11.5 Å². The van der Waals surface area contributed by atoms with Crippen molar-refractivity contribution in [3.8, 4) is 11.5 Å². The summed E-state index contributed by atoms with van der Waals surface area (Å²) < 4.78 is 36.9. The number of aliphatic hydroxyl groups is 1. The highest BCUT2D eigenvalue weighted by Gasteiger charge is 2.22. The predicted molar refractivity (Wildman–Crippen MR) is 71.0 cm³/mol. The van der Waals surface area contributed by atoms with Crippen molar-refractivity contribution in [2.24, 2.45) is 0 Å². The van der Waals surface area contributed by atoms with Gasteiger partial charge in [0.1, 0.15) is 16.4 Å². The summed E-state index contributed by atoms with van der Waals surface area (Å²) in [4.78, 5) is 0.0164. The average molecular weight is 289 g/mol. The maximum atomic E-state index is 12.2. The molecule has 2 N–H and O–H groups in total. The second-order valence-electron chi connectivity index (χ2n) is 3.93. The molecule has 0 unspecified atom stereocenters. The summed E-state index contributed by atoms with van der Waals surface area (Å²) in [7, 11) is -0.870. The number of hydrogen-bond acceptors (Lipinski definition) is 5. The Kier molecular flexibility index (Phi) is 5.59. The van der Waals surface area contributed by atoms with Crippen LogP contribution in [0.15, 0.2) is 23.1 Å². The van der Waals surface area contributed by atoms with Crippen molar-refractivity contribution in [1.29, 1.82) is 0 Å². The second kappa shape index (κ2) is 6.74. The SMILES string of the molecule is CC[C@H](CO)NS(=O)(=O)c1ccc(OC)cc1OC. The van der Waals surface area contributed by atoms with Crippen molar-refractivity contribution < 1.29 is 23.0 Å². The summed E-state index contributed by atoms with van der Waals surface area (Å²) in [6.07, 6.45) is 0.494. The fourth-order valence-electron chi connectivity index (χ4n) is 1.53. The molecule has 1 atom stereocenters. The predicted octanol–water partition coefficient (Wildman–Crippen LogP) is 0.753. The summed E-state index contributed by atoms with van der Waals surface area (Å²) in [5.41, 5.74) is 0. The molecule has 0 fully saturated rings. The van der Waals surface area contributed by atoms with E-state index in [-0.39, 0.29) is 17.3 Å². The lowest BCUT2D eigenvalue weighted by molar-refractivity contribution is 0.253. The summed E-state index contributed by atoms with van der Waals surface area (Å²) in [6.45, 7) is 1.53. The fourth-order valence-corrected chi connectivity index (χ4v) is 2.99. The van der Waals surface area contributed by atoms with Crippen molar-refractivity contribution in [2.75, 3.05) is 20.8 Å². The monoisotopic (exact) mass is 289 g/mol. The van der Waals surface area contributed by atoms with Gasteiger partial charge < -0.3 is 14.6 Å². The Hall–Kier alpha value is -1.31. The van der Waals surface area contributed by atoms with Crippen LogP contribution in [0.2, 0.25) is 0 Å². The van der Waals surface area contributed by atoms with Crippen molar-refractivity contribution in [2.45, 2.75) is 24.3 Å². The van der Waals surface area contributed by atoms with Gasteiger partial charge in [0.2, 0.25) is 10.0 Å². The highest BCUT2D eigenvalue weighted by Crippen LogP contribution is 2.28. The van der Waals surface area contributed by atoms with Gasteiger partial charge in [-0.05, 0) is 18.6 Å². The van der Waals surface area contributed by atoms with Gasteiger partial charge in [0.05, 0.1) is 20.8 Å². The third-order valence-corrected chi connectivity index (χ3v) is 4.26. The molecule has 0 aliphatic rings. The average Bonchev–Trinajstić information content (AvgIpc) is 2.43. The molecule has 1 rings (SSSR count). The van der Waals surface area contributed by atoms with Gasteiger partial charge in [0, 0.05) is 12.1 Å². The van der Waals surface area contributed by atoms with Crippen LogP contribution >= 0.6 is 0 Å². The molecule has 0 aliphatic heterocycles. The van der Waals surface area contributed by atoms with Gasteiger partial charge in [-0.25, -0.2) is 13.1 Å². The largest absolute Gasteiger partial charge is 0.497 e. The lowest BCUT2D eigenvalue weighted by Gasteiger charge is -2.16. The number of hydrogen-bond donors (Lipinski definition) is 2. The lowest BCUT2D eigenvalue weighted by Crippen LogP contribution is -2.37. The van der Waals surface area contributed by atoms with Gasteiger partial charge in [-0.3, -0.25) is 0 Å². The fraction of sp³-hybridized carbons (Fsp3) is 0.500. The van der Waals surface area contributed by atoms with Gasteiger partial charge in [-0.15, -0.1) is 0 Å². The molecule has 0 saturated carbocycles. The number of methoxy groups -OCH3 is 2. The first kappa shape index (κ1) is 15.7. The van der Waals surface area contributed by atoms with Crippen LogP contribution in [0.4, 0.5) is 0 Å². The minimum Gasteiger partial charge on any atom is -0.497 e. The number of aliphatic hydroxyl groups excluding tert-OH is 1. The van der Waals surface area contributed by atoms with Crippen molar-refractivity contribution in [3.05, 3.63) is 18.2 Å². The molecule has 0 aliphatic carbocycles. The van der Waals surface area contributed by atoms with Crippen molar-refractivity contribution in [3.63, 3.8) is 0 Å². The van der Waals surface area contributed by atoms with Gasteiger partial charge in [-0.2, -0.15) is 0 Å². The zero-order chi connectivity index (χ0) is 14.5. The molecule has 6 nitrogen and oxygen atoms in total. The first-order chi connectivity index (χ1) is 8.98. The molecule has 0 bridgehead atoms. The number of ether oxygens (including phenoxy) is 2. The van der Waals surface area contributed by atoms with E-state index in [0.717, 1.165) is 0 Å². The number of rotatable bonds is 7. The summed E-state index contributed by atoms with van der Waals surface area (Å²) in [5.74, 6) is 0.699. The van der Waals surface area contributed by atoms with E-state index in [1.165, 1.54) is 32.4 Å². The highest BCUT2D eigenvalue weighted by molar-refractivity contribution is 7.89. The molecule has 0 amide bonds. The molecule has 108 valence electrons. The summed E-state index contributed by atoms with van der Waals surface area (Å²) in [5, 5.41) is 9.07. The van der Waals surface area contributed by atoms with Gasteiger partial charge in [0.25, 0.3) is 0 Å². The smallest absolute Gasteiger partial charge is 0.244 e. The summed E-state index contributed by atoms with van der Waals surface area (Å²) >= 11 is 0. The molecule has 0 radical (unpaired) electrons. The maximum absolute atomic E-state index is 12.2. The van der Waals surface area contributed by atoms with E-state index in [0.29, 0.717) is 12.2 Å². The zero-order valence-electron chi connectivity index (χ0n) is 11.2. The molecule has 0 saturated heterocycles. The molecule has 0 heterocycles. The van der Waals surface area contributed by atoms with E-state index >= 15 is 0 Å². The zero-order valence-corrected chi connectivity index (χ0v) is 12.0. The van der Waals surface area contributed by atoms with Crippen LogP contribution < -0.4 is 14.2 Å². The Morgan fingerprint density at radius 2 is 2.00 bits per heavy atom. The van der Waals surface area contributed by atoms with E-state index < -0.39 is 16.1 Å². The molecule has 0 aromatic heterocycles. The van der Waals surface area contributed by atoms with Crippen LogP contribution in [0.3, 0.4) is 0 Å². The Morgan fingerprint density at radius 3 is 2.47 bits per heavy atom. The highest BCUT2D eigenvalue weighted by atomic mass is 32.2. The summed E-state index contributed by atoms with van der Waals surface area (Å²) in [6, 6.07) is 3.92. The van der Waals surface area contributed by atoms with Gasteiger partial charge in [0.15, 0.2) is 0 Å². The molecule has 0 spiro atoms. The minimum atomic E-state index is -3.74. The van der Waals surface area contributed by atoms with E-state index in [1.54, 1.807) is 6.92 Å².